The highest BCUT2D eigenvalue weighted by Crippen LogP contribution is 2.29. The van der Waals surface area contributed by atoms with Gasteiger partial charge in [0, 0.05) is 38.3 Å². The number of hydrogen-bond donors (Lipinski definition) is 2. The molecular formula is C24H34N4O3. The van der Waals surface area contributed by atoms with Crippen molar-refractivity contribution in [1.82, 2.24) is 10.6 Å². The molecule has 1 aliphatic rings. The van der Waals surface area contributed by atoms with Crippen molar-refractivity contribution < 1.29 is 14.2 Å². The summed E-state index contributed by atoms with van der Waals surface area (Å²) in [5.41, 5.74) is 2.19. The number of anilines is 1. The zero-order valence-electron chi connectivity index (χ0n) is 18.8. The number of nitrogens with zero attached hydrogens (tertiary/aromatic N) is 2. The van der Waals surface area contributed by atoms with Gasteiger partial charge in [-0.15, -0.1) is 0 Å². The maximum atomic E-state index is 5.80. The molecule has 2 aromatic rings. The molecule has 1 atom stereocenters. The monoisotopic (exact) mass is 426 g/mol. The van der Waals surface area contributed by atoms with Crippen molar-refractivity contribution in [1.29, 1.82) is 0 Å². The fourth-order valence-corrected chi connectivity index (χ4v) is 3.84. The zero-order valence-corrected chi connectivity index (χ0v) is 18.8. The number of hydrogen-bond acceptors (Lipinski definition) is 5. The van der Waals surface area contributed by atoms with Crippen molar-refractivity contribution in [3.8, 4) is 11.5 Å². The molecule has 7 heteroatoms. The number of ether oxygens (including phenoxy) is 3. The number of rotatable bonds is 9. The van der Waals surface area contributed by atoms with Crippen LogP contribution in [-0.4, -0.2) is 59.5 Å². The van der Waals surface area contributed by atoms with Gasteiger partial charge in [0.05, 0.1) is 33.1 Å². The summed E-state index contributed by atoms with van der Waals surface area (Å²) >= 11 is 0. The Bertz CT molecular complexity index is 843. The molecule has 7 nitrogen and oxygen atoms in total. The number of aliphatic imine (C=N–C) groups is 1. The summed E-state index contributed by atoms with van der Waals surface area (Å²) < 4.78 is 16.7. The van der Waals surface area contributed by atoms with Gasteiger partial charge < -0.3 is 29.7 Å². The van der Waals surface area contributed by atoms with Crippen LogP contribution in [0, 0.1) is 0 Å². The lowest BCUT2D eigenvalue weighted by Gasteiger charge is -2.36. The summed E-state index contributed by atoms with van der Waals surface area (Å²) in [6.45, 7) is 3.72. The molecule has 31 heavy (non-hydrogen) atoms. The first-order chi connectivity index (χ1) is 15.2. The number of benzene rings is 2. The molecule has 168 valence electrons. The molecule has 0 saturated carbocycles. The molecule has 1 aliphatic heterocycles. The van der Waals surface area contributed by atoms with Crippen LogP contribution in [0.5, 0.6) is 11.5 Å². The maximum absolute atomic E-state index is 5.80. The van der Waals surface area contributed by atoms with E-state index in [2.05, 4.69) is 32.7 Å². The average molecular weight is 427 g/mol. The van der Waals surface area contributed by atoms with Gasteiger partial charge in [0.15, 0.2) is 5.96 Å². The Hall–Kier alpha value is -2.93. The van der Waals surface area contributed by atoms with Crippen molar-refractivity contribution >= 4 is 11.6 Å². The Morgan fingerprint density at radius 1 is 1.06 bits per heavy atom. The normalized spacial score (nSPS) is 16.7. The standard InChI is InChI=1S/C24H34N4O3/c1-25-24(26-14-16-31-18-19-9-4-6-12-22(19)29-2)27-20-10-8-15-28(17-20)21-11-5-7-13-23(21)30-3/h4-7,9,11-13,20H,8,10,14-18H2,1-3H3,(H2,25,26,27). The summed E-state index contributed by atoms with van der Waals surface area (Å²) in [4.78, 5) is 6.75. The quantitative estimate of drug-likeness (QED) is 0.365. The van der Waals surface area contributed by atoms with Gasteiger partial charge in [0.25, 0.3) is 0 Å². The number of methoxy groups -OCH3 is 2. The van der Waals surface area contributed by atoms with E-state index in [9.17, 15) is 0 Å². The van der Waals surface area contributed by atoms with Crippen molar-refractivity contribution in [2.45, 2.75) is 25.5 Å². The van der Waals surface area contributed by atoms with Gasteiger partial charge in [0.2, 0.25) is 0 Å². The van der Waals surface area contributed by atoms with Crippen LogP contribution < -0.4 is 25.0 Å². The van der Waals surface area contributed by atoms with E-state index in [1.54, 1.807) is 21.3 Å². The van der Waals surface area contributed by atoms with E-state index >= 15 is 0 Å². The topological polar surface area (TPSA) is 67.4 Å². The third kappa shape index (κ3) is 6.52. The third-order valence-corrected chi connectivity index (χ3v) is 5.40. The van der Waals surface area contributed by atoms with E-state index in [1.807, 2.05) is 36.4 Å². The zero-order chi connectivity index (χ0) is 21.9. The van der Waals surface area contributed by atoms with Crippen LogP contribution in [-0.2, 0) is 11.3 Å². The number of para-hydroxylation sites is 3. The van der Waals surface area contributed by atoms with Crippen LogP contribution in [0.15, 0.2) is 53.5 Å². The molecule has 0 spiro atoms. The molecule has 0 aliphatic carbocycles. The van der Waals surface area contributed by atoms with Gasteiger partial charge in [-0.3, -0.25) is 4.99 Å². The van der Waals surface area contributed by atoms with Crippen molar-refractivity contribution in [3.05, 3.63) is 54.1 Å². The third-order valence-electron chi connectivity index (χ3n) is 5.40. The van der Waals surface area contributed by atoms with Crippen LogP contribution in [0.4, 0.5) is 5.69 Å². The summed E-state index contributed by atoms with van der Waals surface area (Å²) in [6.07, 6.45) is 2.23. The Labute approximate surface area is 185 Å². The number of nitrogens with one attached hydrogen (secondary N) is 2. The van der Waals surface area contributed by atoms with Gasteiger partial charge in [-0.1, -0.05) is 30.3 Å². The van der Waals surface area contributed by atoms with Crippen molar-refractivity contribution in [2.24, 2.45) is 4.99 Å². The SMILES string of the molecule is CN=C(NCCOCc1ccccc1OC)NC1CCCN(c2ccccc2OC)C1. The Morgan fingerprint density at radius 2 is 1.81 bits per heavy atom. The second-order valence-electron chi connectivity index (χ2n) is 7.46. The molecule has 1 saturated heterocycles. The minimum Gasteiger partial charge on any atom is -0.496 e. The van der Waals surface area contributed by atoms with Gasteiger partial charge in [-0.05, 0) is 31.0 Å². The van der Waals surface area contributed by atoms with E-state index in [0.717, 1.165) is 54.6 Å². The molecule has 3 rings (SSSR count). The molecule has 0 radical (unpaired) electrons. The van der Waals surface area contributed by atoms with Gasteiger partial charge in [-0.25, -0.2) is 0 Å². The molecule has 0 amide bonds. The first kappa shape index (κ1) is 22.7. The smallest absolute Gasteiger partial charge is 0.191 e. The highest BCUT2D eigenvalue weighted by atomic mass is 16.5. The van der Waals surface area contributed by atoms with E-state index in [1.165, 1.54) is 0 Å². The average Bonchev–Trinajstić information content (AvgIpc) is 2.83. The van der Waals surface area contributed by atoms with Crippen LogP contribution in [0.3, 0.4) is 0 Å². The summed E-state index contributed by atoms with van der Waals surface area (Å²) in [7, 11) is 5.20. The number of piperidine rings is 1. The Kier molecular flexibility index (Phi) is 8.84. The molecule has 1 heterocycles. The van der Waals surface area contributed by atoms with E-state index in [-0.39, 0.29) is 0 Å². The van der Waals surface area contributed by atoms with Crippen LogP contribution >= 0.6 is 0 Å². The van der Waals surface area contributed by atoms with Crippen molar-refractivity contribution in [3.63, 3.8) is 0 Å². The molecule has 0 bridgehead atoms. The lowest BCUT2D eigenvalue weighted by molar-refractivity contribution is 0.123. The summed E-state index contributed by atoms with van der Waals surface area (Å²) in [5, 5.41) is 6.90. The van der Waals surface area contributed by atoms with Crippen LogP contribution in [0.1, 0.15) is 18.4 Å². The largest absolute Gasteiger partial charge is 0.496 e. The minimum atomic E-state index is 0.319. The number of guanidine groups is 1. The molecule has 0 aromatic heterocycles. The van der Waals surface area contributed by atoms with E-state index in [0.29, 0.717) is 25.8 Å². The minimum absolute atomic E-state index is 0.319. The van der Waals surface area contributed by atoms with Crippen LogP contribution in [0.2, 0.25) is 0 Å². The Balaban J connectivity index is 1.43. The maximum Gasteiger partial charge on any atom is 0.191 e. The summed E-state index contributed by atoms with van der Waals surface area (Å²) in [6, 6.07) is 16.4. The molecular weight excluding hydrogens is 392 g/mol. The van der Waals surface area contributed by atoms with Gasteiger partial charge in [0.1, 0.15) is 11.5 Å². The predicted octanol–water partition coefficient (Wildman–Crippen LogP) is 3.05. The lowest BCUT2D eigenvalue weighted by Crippen LogP contribution is -2.51. The Morgan fingerprint density at radius 3 is 2.58 bits per heavy atom. The second kappa shape index (κ2) is 12.1. The molecule has 2 N–H and O–H groups in total. The highest BCUT2D eigenvalue weighted by molar-refractivity contribution is 5.80. The first-order valence-corrected chi connectivity index (χ1v) is 10.8. The molecule has 1 fully saturated rings. The predicted molar refractivity (Wildman–Crippen MR) is 125 cm³/mol. The lowest BCUT2D eigenvalue weighted by atomic mass is 10.0. The summed E-state index contributed by atoms with van der Waals surface area (Å²) in [5.74, 6) is 2.57. The molecule has 1 unspecified atom stereocenters. The van der Waals surface area contributed by atoms with Gasteiger partial charge >= 0.3 is 0 Å². The van der Waals surface area contributed by atoms with E-state index < -0.39 is 0 Å². The van der Waals surface area contributed by atoms with E-state index in [4.69, 9.17) is 14.2 Å². The van der Waals surface area contributed by atoms with Crippen molar-refractivity contribution in [2.75, 3.05) is 52.4 Å². The fraction of sp³-hybridized carbons (Fsp3) is 0.458. The second-order valence-corrected chi connectivity index (χ2v) is 7.46. The van der Waals surface area contributed by atoms with Crippen LogP contribution in [0.25, 0.3) is 0 Å². The first-order valence-electron chi connectivity index (χ1n) is 10.8. The highest BCUT2D eigenvalue weighted by Gasteiger charge is 2.22. The fourth-order valence-electron chi connectivity index (χ4n) is 3.84. The molecule has 2 aromatic carbocycles. The van der Waals surface area contributed by atoms with Gasteiger partial charge in [-0.2, -0.15) is 0 Å².